The molecule has 5 heteroatoms. The van der Waals surface area contributed by atoms with Crippen LogP contribution in [0.15, 0.2) is 41.1 Å². The van der Waals surface area contributed by atoms with E-state index in [1.165, 1.54) is 6.42 Å². The molecule has 0 radical (unpaired) electrons. The first kappa shape index (κ1) is 10.8. The summed E-state index contributed by atoms with van der Waals surface area (Å²) < 4.78 is 7.55. The Kier molecular flexibility index (Phi) is 2.38. The average molecular weight is 254 g/mol. The van der Waals surface area contributed by atoms with Crippen LogP contribution in [0.1, 0.15) is 24.7 Å². The van der Waals surface area contributed by atoms with Gasteiger partial charge in [0.1, 0.15) is 11.3 Å². The molecule has 1 atom stereocenters. The van der Waals surface area contributed by atoms with E-state index >= 15 is 0 Å². The largest absolute Gasteiger partial charge is 0.448 e. The maximum Gasteiger partial charge on any atom is 0.206 e. The Morgan fingerprint density at radius 1 is 1.32 bits per heavy atom. The van der Waals surface area contributed by atoms with Crippen molar-refractivity contribution in [2.75, 3.05) is 6.54 Å². The first-order chi connectivity index (χ1) is 9.43. The molecule has 1 fully saturated rings. The molecule has 0 bridgehead atoms. The first-order valence-electron chi connectivity index (χ1n) is 6.54. The number of imidazole rings is 1. The van der Waals surface area contributed by atoms with Crippen molar-refractivity contribution in [2.45, 2.75) is 18.9 Å². The van der Waals surface area contributed by atoms with E-state index in [0.717, 1.165) is 35.8 Å². The second-order valence-corrected chi connectivity index (χ2v) is 4.75. The van der Waals surface area contributed by atoms with Crippen molar-refractivity contribution >= 4 is 11.2 Å². The lowest BCUT2D eigenvalue weighted by Gasteiger charge is -2.11. The van der Waals surface area contributed by atoms with Gasteiger partial charge in [0.2, 0.25) is 5.88 Å². The van der Waals surface area contributed by atoms with Crippen molar-refractivity contribution in [1.82, 2.24) is 19.9 Å². The van der Waals surface area contributed by atoms with Crippen molar-refractivity contribution in [3.8, 4) is 5.88 Å². The molecule has 1 aliphatic heterocycles. The minimum atomic E-state index is 0.277. The summed E-state index contributed by atoms with van der Waals surface area (Å²) in [5.74, 6) is 1.76. The van der Waals surface area contributed by atoms with E-state index in [0.29, 0.717) is 0 Å². The first-order valence-corrected chi connectivity index (χ1v) is 6.54. The molecule has 96 valence electrons. The van der Waals surface area contributed by atoms with Gasteiger partial charge >= 0.3 is 0 Å². The molecule has 1 unspecified atom stereocenters. The standard InChI is InChI=1S/C14H14N4O/c1-4-10(15-7-1)14-17-11-5-2-8-16-13(11)18(14)12-6-3-9-19-12/h2-3,5-6,8-10,15H,1,4,7H2. The van der Waals surface area contributed by atoms with Crippen LogP contribution in [-0.4, -0.2) is 21.1 Å². The summed E-state index contributed by atoms with van der Waals surface area (Å²) in [7, 11) is 0. The normalized spacial score (nSPS) is 19.3. The van der Waals surface area contributed by atoms with Crippen LogP contribution >= 0.6 is 0 Å². The molecular weight excluding hydrogens is 240 g/mol. The highest BCUT2D eigenvalue weighted by atomic mass is 16.3. The molecule has 3 aromatic rings. The summed E-state index contributed by atoms with van der Waals surface area (Å²) in [4.78, 5) is 9.17. The van der Waals surface area contributed by atoms with Gasteiger partial charge in [-0.1, -0.05) is 0 Å². The van der Waals surface area contributed by atoms with Crippen molar-refractivity contribution in [3.05, 3.63) is 42.5 Å². The van der Waals surface area contributed by atoms with Gasteiger partial charge in [0.25, 0.3) is 0 Å². The van der Waals surface area contributed by atoms with Crippen LogP contribution in [0, 0.1) is 0 Å². The monoisotopic (exact) mass is 254 g/mol. The molecule has 1 N–H and O–H groups in total. The Hall–Kier alpha value is -2.14. The van der Waals surface area contributed by atoms with E-state index in [2.05, 4.69) is 10.3 Å². The van der Waals surface area contributed by atoms with Crippen LogP contribution < -0.4 is 5.32 Å². The number of hydrogen-bond acceptors (Lipinski definition) is 4. The topological polar surface area (TPSA) is 55.9 Å². The van der Waals surface area contributed by atoms with Crippen molar-refractivity contribution in [1.29, 1.82) is 0 Å². The minimum absolute atomic E-state index is 0.277. The Balaban J connectivity index is 1.98. The third-order valence-electron chi connectivity index (χ3n) is 3.54. The molecule has 0 aromatic carbocycles. The highest BCUT2D eigenvalue weighted by Gasteiger charge is 2.25. The lowest BCUT2D eigenvalue weighted by atomic mass is 10.2. The number of pyridine rings is 1. The summed E-state index contributed by atoms with van der Waals surface area (Å²) in [6, 6.07) is 8.00. The molecule has 0 spiro atoms. The van der Waals surface area contributed by atoms with E-state index in [1.807, 2.05) is 28.8 Å². The molecule has 0 aliphatic carbocycles. The van der Waals surface area contributed by atoms with Gasteiger partial charge in [0.05, 0.1) is 12.3 Å². The van der Waals surface area contributed by atoms with Crippen LogP contribution in [-0.2, 0) is 0 Å². The predicted molar refractivity (Wildman–Crippen MR) is 71.1 cm³/mol. The number of nitrogens with zero attached hydrogens (tertiary/aromatic N) is 3. The zero-order chi connectivity index (χ0) is 12.7. The summed E-state index contributed by atoms with van der Waals surface area (Å²) in [5, 5.41) is 3.48. The quantitative estimate of drug-likeness (QED) is 0.763. The van der Waals surface area contributed by atoms with Crippen LogP contribution in [0.2, 0.25) is 0 Å². The van der Waals surface area contributed by atoms with Crippen LogP contribution in [0.25, 0.3) is 17.0 Å². The van der Waals surface area contributed by atoms with E-state index < -0.39 is 0 Å². The fourth-order valence-electron chi connectivity index (χ4n) is 2.68. The number of fused-ring (bicyclic) bond motifs is 1. The molecule has 4 heterocycles. The van der Waals surface area contributed by atoms with Gasteiger partial charge in [-0.05, 0) is 37.6 Å². The molecule has 4 rings (SSSR count). The van der Waals surface area contributed by atoms with E-state index in [9.17, 15) is 0 Å². The number of furan rings is 1. The van der Waals surface area contributed by atoms with Gasteiger partial charge in [-0.25, -0.2) is 14.5 Å². The van der Waals surface area contributed by atoms with Gasteiger partial charge in [-0.2, -0.15) is 0 Å². The minimum Gasteiger partial charge on any atom is -0.448 e. The Bertz CT molecular complexity index is 695. The fourth-order valence-corrected chi connectivity index (χ4v) is 2.68. The molecule has 0 saturated carbocycles. The van der Waals surface area contributed by atoms with E-state index in [-0.39, 0.29) is 6.04 Å². The van der Waals surface area contributed by atoms with Gasteiger partial charge in [-0.15, -0.1) is 0 Å². The second-order valence-electron chi connectivity index (χ2n) is 4.75. The van der Waals surface area contributed by atoms with Gasteiger partial charge in [0.15, 0.2) is 5.65 Å². The van der Waals surface area contributed by atoms with Gasteiger partial charge in [0, 0.05) is 12.3 Å². The zero-order valence-electron chi connectivity index (χ0n) is 10.4. The van der Waals surface area contributed by atoms with Gasteiger partial charge in [-0.3, -0.25) is 0 Å². The van der Waals surface area contributed by atoms with Crippen LogP contribution in [0.4, 0.5) is 0 Å². The summed E-state index contributed by atoms with van der Waals surface area (Å²) in [5.41, 5.74) is 1.75. The second kappa shape index (κ2) is 4.20. The number of aromatic nitrogens is 3. The zero-order valence-corrected chi connectivity index (χ0v) is 10.4. The lowest BCUT2D eigenvalue weighted by Crippen LogP contribution is -2.17. The SMILES string of the molecule is c1coc(-n2c(C3CCCN3)nc3cccnc32)c1. The fraction of sp³-hybridized carbons (Fsp3) is 0.286. The van der Waals surface area contributed by atoms with E-state index in [4.69, 9.17) is 9.40 Å². The highest BCUT2D eigenvalue weighted by Crippen LogP contribution is 2.28. The van der Waals surface area contributed by atoms with Crippen molar-refractivity contribution in [3.63, 3.8) is 0 Å². The third-order valence-corrected chi connectivity index (χ3v) is 3.54. The Morgan fingerprint density at radius 3 is 3.11 bits per heavy atom. The molecule has 5 nitrogen and oxygen atoms in total. The smallest absolute Gasteiger partial charge is 0.206 e. The average Bonchev–Trinajstić information content (AvgIpc) is 3.17. The molecule has 1 aliphatic rings. The van der Waals surface area contributed by atoms with Crippen LogP contribution in [0.5, 0.6) is 0 Å². The van der Waals surface area contributed by atoms with Crippen LogP contribution in [0.3, 0.4) is 0 Å². The Labute approximate surface area is 110 Å². The molecule has 1 saturated heterocycles. The van der Waals surface area contributed by atoms with E-state index in [1.54, 1.807) is 12.5 Å². The van der Waals surface area contributed by atoms with Crippen molar-refractivity contribution < 1.29 is 4.42 Å². The summed E-state index contributed by atoms with van der Waals surface area (Å²) in [6.45, 7) is 1.04. The number of rotatable bonds is 2. The predicted octanol–water partition coefficient (Wildman–Crippen LogP) is 2.44. The summed E-state index contributed by atoms with van der Waals surface area (Å²) in [6.07, 6.45) is 5.74. The maximum atomic E-state index is 5.54. The number of hydrogen-bond donors (Lipinski definition) is 1. The summed E-state index contributed by atoms with van der Waals surface area (Å²) >= 11 is 0. The highest BCUT2D eigenvalue weighted by molar-refractivity contribution is 5.73. The van der Waals surface area contributed by atoms with Crippen molar-refractivity contribution in [2.24, 2.45) is 0 Å². The maximum absolute atomic E-state index is 5.54. The molecule has 19 heavy (non-hydrogen) atoms. The third kappa shape index (κ3) is 1.66. The molecule has 0 amide bonds. The number of nitrogens with one attached hydrogen (secondary N) is 1. The molecular formula is C14H14N4O. The molecule has 3 aromatic heterocycles. The Morgan fingerprint density at radius 2 is 2.32 bits per heavy atom. The lowest BCUT2D eigenvalue weighted by molar-refractivity contribution is 0.516. The van der Waals surface area contributed by atoms with Gasteiger partial charge < -0.3 is 9.73 Å².